The summed E-state index contributed by atoms with van der Waals surface area (Å²) in [5, 5.41) is 6.79. The summed E-state index contributed by atoms with van der Waals surface area (Å²) in [6.07, 6.45) is 7.79. The van der Waals surface area contributed by atoms with Gasteiger partial charge < -0.3 is 15.4 Å². The second kappa shape index (κ2) is 13.9. The Kier molecular flexibility index (Phi) is 11.6. The number of carbonyl (C=O) groups is 1. The molecule has 0 amide bonds. The lowest BCUT2D eigenvalue weighted by molar-refractivity contribution is -0.148. The van der Waals surface area contributed by atoms with Gasteiger partial charge in [0, 0.05) is 45.7 Å². The molecule has 3 rings (SSSR count). The monoisotopic (exact) mass is 546 g/mol. The average molecular weight is 546 g/mol. The van der Waals surface area contributed by atoms with Crippen LogP contribution in [0, 0.1) is 5.82 Å². The first-order valence-electron chi connectivity index (χ1n) is 11.3. The number of piperidine rings is 1. The molecule has 2 aliphatic rings. The van der Waals surface area contributed by atoms with Crippen molar-refractivity contribution >= 4 is 35.9 Å². The SMILES string of the molecule is CN=C(NCCCC(=O)OC1CCCC1)NC1CCN(Cc2ccc(F)cc2)CC1.I. The van der Waals surface area contributed by atoms with Crippen LogP contribution in [0.5, 0.6) is 0 Å². The lowest BCUT2D eigenvalue weighted by Gasteiger charge is -2.33. The summed E-state index contributed by atoms with van der Waals surface area (Å²) in [6, 6.07) is 7.14. The summed E-state index contributed by atoms with van der Waals surface area (Å²) >= 11 is 0. The van der Waals surface area contributed by atoms with Gasteiger partial charge in [-0.3, -0.25) is 14.7 Å². The van der Waals surface area contributed by atoms with Crippen LogP contribution in [0.1, 0.15) is 56.9 Å². The van der Waals surface area contributed by atoms with Crippen LogP contribution in [0.25, 0.3) is 0 Å². The molecule has 31 heavy (non-hydrogen) atoms. The molecular weight excluding hydrogens is 510 g/mol. The summed E-state index contributed by atoms with van der Waals surface area (Å²) in [4.78, 5) is 18.6. The summed E-state index contributed by atoms with van der Waals surface area (Å²) in [6.45, 7) is 3.55. The van der Waals surface area contributed by atoms with Crippen molar-refractivity contribution in [2.24, 2.45) is 4.99 Å². The molecule has 2 N–H and O–H groups in total. The van der Waals surface area contributed by atoms with E-state index in [1.807, 2.05) is 12.1 Å². The Labute approximate surface area is 202 Å². The molecular formula is C23H36FIN4O2. The van der Waals surface area contributed by atoms with Crippen molar-refractivity contribution in [3.8, 4) is 0 Å². The predicted octanol–water partition coefficient (Wildman–Crippen LogP) is 3.84. The summed E-state index contributed by atoms with van der Waals surface area (Å²) in [7, 11) is 1.77. The lowest BCUT2D eigenvalue weighted by Crippen LogP contribution is -2.48. The molecule has 0 spiro atoms. The van der Waals surface area contributed by atoms with E-state index in [0.717, 1.165) is 63.3 Å². The molecule has 6 nitrogen and oxygen atoms in total. The summed E-state index contributed by atoms with van der Waals surface area (Å²) < 4.78 is 18.5. The van der Waals surface area contributed by atoms with Crippen molar-refractivity contribution in [3.63, 3.8) is 0 Å². The topological polar surface area (TPSA) is 66.0 Å². The second-order valence-electron chi connectivity index (χ2n) is 8.32. The predicted molar refractivity (Wildman–Crippen MR) is 132 cm³/mol. The number of likely N-dealkylation sites (tertiary alicyclic amines) is 1. The number of nitrogens with zero attached hydrogens (tertiary/aromatic N) is 2. The highest BCUT2D eigenvalue weighted by atomic mass is 127. The Balaban J connectivity index is 0.00000341. The molecule has 1 aromatic rings. The maximum atomic E-state index is 13.0. The first-order valence-corrected chi connectivity index (χ1v) is 11.3. The molecule has 0 radical (unpaired) electrons. The average Bonchev–Trinajstić information content (AvgIpc) is 3.26. The minimum atomic E-state index is -0.189. The normalized spacial score (nSPS) is 18.5. The first-order chi connectivity index (χ1) is 14.6. The van der Waals surface area contributed by atoms with Crippen LogP contribution in [0.2, 0.25) is 0 Å². The Morgan fingerprint density at radius 3 is 2.48 bits per heavy atom. The van der Waals surface area contributed by atoms with E-state index in [1.165, 1.54) is 25.0 Å². The van der Waals surface area contributed by atoms with E-state index in [1.54, 1.807) is 7.05 Å². The molecule has 0 aromatic heterocycles. The maximum Gasteiger partial charge on any atom is 0.306 e. The van der Waals surface area contributed by atoms with Crippen LogP contribution in [-0.4, -0.2) is 55.7 Å². The third-order valence-corrected chi connectivity index (χ3v) is 5.92. The quantitative estimate of drug-likeness (QED) is 0.171. The number of carbonyl (C=O) groups excluding carboxylic acids is 1. The van der Waals surface area contributed by atoms with E-state index in [4.69, 9.17) is 4.74 Å². The number of guanidine groups is 1. The largest absolute Gasteiger partial charge is 0.462 e. The van der Waals surface area contributed by atoms with Crippen LogP contribution in [0.3, 0.4) is 0 Å². The number of nitrogens with one attached hydrogen (secondary N) is 2. The van der Waals surface area contributed by atoms with Gasteiger partial charge in [-0.1, -0.05) is 12.1 Å². The van der Waals surface area contributed by atoms with E-state index in [2.05, 4.69) is 20.5 Å². The Morgan fingerprint density at radius 2 is 1.84 bits per heavy atom. The zero-order valence-corrected chi connectivity index (χ0v) is 20.8. The highest BCUT2D eigenvalue weighted by molar-refractivity contribution is 14.0. The Bertz CT molecular complexity index is 687. The molecule has 0 unspecified atom stereocenters. The van der Waals surface area contributed by atoms with E-state index in [9.17, 15) is 9.18 Å². The van der Waals surface area contributed by atoms with Crippen molar-refractivity contribution < 1.29 is 13.9 Å². The second-order valence-corrected chi connectivity index (χ2v) is 8.32. The number of ether oxygens (including phenoxy) is 1. The van der Waals surface area contributed by atoms with Gasteiger partial charge in [-0.15, -0.1) is 24.0 Å². The van der Waals surface area contributed by atoms with Gasteiger partial charge >= 0.3 is 5.97 Å². The van der Waals surface area contributed by atoms with Crippen molar-refractivity contribution in [2.45, 2.75) is 70.1 Å². The molecule has 2 fully saturated rings. The molecule has 1 aromatic carbocycles. The van der Waals surface area contributed by atoms with E-state index in [0.29, 0.717) is 19.0 Å². The van der Waals surface area contributed by atoms with Gasteiger partial charge in [-0.25, -0.2) is 4.39 Å². The number of hydrogen-bond acceptors (Lipinski definition) is 4. The molecule has 1 saturated carbocycles. The Hall–Kier alpha value is -1.42. The lowest BCUT2D eigenvalue weighted by atomic mass is 10.0. The van der Waals surface area contributed by atoms with Crippen molar-refractivity contribution in [3.05, 3.63) is 35.6 Å². The molecule has 0 atom stereocenters. The zero-order valence-electron chi connectivity index (χ0n) is 18.4. The van der Waals surface area contributed by atoms with E-state index < -0.39 is 0 Å². The molecule has 1 heterocycles. The van der Waals surface area contributed by atoms with Gasteiger partial charge in [-0.05, 0) is 62.6 Å². The van der Waals surface area contributed by atoms with E-state index in [-0.39, 0.29) is 41.9 Å². The molecule has 1 aliphatic carbocycles. The number of hydrogen-bond donors (Lipinski definition) is 2. The summed E-state index contributed by atoms with van der Waals surface area (Å²) in [5.41, 5.74) is 1.15. The van der Waals surface area contributed by atoms with Gasteiger partial charge in [0.2, 0.25) is 0 Å². The summed E-state index contributed by atoms with van der Waals surface area (Å²) in [5.74, 6) is 0.516. The van der Waals surface area contributed by atoms with Crippen LogP contribution < -0.4 is 10.6 Å². The fourth-order valence-electron chi connectivity index (χ4n) is 4.16. The van der Waals surface area contributed by atoms with Crippen LogP contribution in [0.15, 0.2) is 29.3 Å². The zero-order chi connectivity index (χ0) is 21.2. The number of aliphatic imine (C=N–C) groups is 1. The molecule has 1 aliphatic heterocycles. The fraction of sp³-hybridized carbons (Fsp3) is 0.652. The molecule has 1 saturated heterocycles. The van der Waals surface area contributed by atoms with Crippen molar-refractivity contribution in [1.29, 1.82) is 0 Å². The van der Waals surface area contributed by atoms with Gasteiger partial charge in [0.25, 0.3) is 0 Å². The standard InChI is InChI=1S/C23H35FN4O2.HI/c1-25-23(26-14-4-7-22(29)30-21-5-2-3-6-21)27-20-12-15-28(16-13-20)17-18-8-10-19(24)11-9-18;/h8-11,20-21H,2-7,12-17H2,1H3,(H2,25,26,27);1H. The van der Waals surface area contributed by atoms with E-state index >= 15 is 0 Å². The third-order valence-electron chi connectivity index (χ3n) is 5.92. The van der Waals surface area contributed by atoms with Gasteiger partial charge in [0.1, 0.15) is 11.9 Å². The number of halogens is 2. The third kappa shape index (κ3) is 9.31. The molecule has 0 bridgehead atoms. The van der Waals surface area contributed by atoms with Crippen LogP contribution >= 0.6 is 24.0 Å². The van der Waals surface area contributed by atoms with Crippen molar-refractivity contribution in [2.75, 3.05) is 26.7 Å². The van der Waals surface area contributed by atoms with Crippen LogP contribution in [-0.2, 0) is 16.1 Å². The maximum absolute atomic E-state index is 13.0. The highest BCUT2D eigenvalue weighted by Crippen LogP contribution is 2.21. The molecule has 174 valence electrons. The first kappa shape index (κ1) is 25.8. The highest BCUT2D eigenvalue weighted by Gasteiger charge is 2.21. The van der Waals surface area contributed by atoms with Crippen LogP contribution in [0.4, 0.5) is 4.39 Å². The number of esters is 1. The fourth-order valence-corrected chi connectivity index (χ4v) is 4.16. The minimum Gasteiger partial charge on any atom is -0.462 e. The van der Waals surface area contributed by atoms with Gasteiger partial charge in [-0.2, -0.15) is 0 Å². The number of benzene rings is 1. The molecule has 8 heteroatoms. The Morgan fingerprint density at radius 1 is 1.16 bits per heavy atom. The minimum absolute atomic E-state index is 0. The van der Waals surface area contributed by atoms with Crippen molar-refractivity contribution in [1.82, 2.24) is 15.5 Å². The number of rotatable bonds is 8. The smallest absolute Gasteiger partial charge is 0.306 e. The van der Waals surface area contributed by atoms with Gasteiger partial charge in [0.15, 0.2) is 5.96 Å². The van der Waals surface area contributed by atoms with Gasteiger partial charge in [0.05, 0.1) is 0 Å².